The highest BCUT2D eigenvalue weighted by Gasteiger charge is 2.25. The molecule has 2 N–H and O–H groups in total. The number of aromatic nitrogens is 2. The number of hydrogen-bond donors (Lipinski definition) is 2. The number of nitro benzene ring substituents is 1. The van der Waals surface area contributed by atoms with Gasteiger partial charge in [0.05, 0.1) is 9.82 Å². The standard InChI is InChI=1S/C18H18FN5O4S/c1-20-29(27,28)14-7-8-15(16(11-14)24(25)26)22-17(18-21-9-10-23(18)2)12-3-5-13(19)6-4-12/h3-11,17,20,22H,1-2H3. The monoisotopic (exact) mass is 419 g/mol. The van der Waals surface area contributed by atoms with E-state index in [1.165, 1.54) is 31.3 Å². The molecule has 1 aromatic heterocycles. The van der Waals surface area contributed by atoms with Crippen molar-refractivity contribution in [3.63, 3.8) is 0 Å². The first kappa shape index (κ1) is 20.4. The van der Waals surface area contributed by atoms with Crippen LogP contribution in [0.2, 0.25) is 0 Å². The zero-order chi connectivity index (χ0) is 21.2. The first-order chi connectivity index (χ1) is 13.7. The summed E-state index contributed by atoms with van der Waals surface area (Å²) in [7, 11) is -0.864. The van der Waals surface area contributed by atoms with E-state index >= 15 is 0 Å². The number of hydrogen-bond acceptors (Lipinski definition) is 6. The van der Waals surface area contributed by atoms with Crippen molar-refractivity contribution in [2.75, 3.05) is 12.4 Å². The van der Waals surface area contributed by atoms with Gasteiger partial charge in [-0.2, -0.15) is 0 Å². The quantitative estimate of drug-likeness (QED) is 0.449. The second-order valence-electron chi connectivity index (χ2n) is 6.17. The van der Waals surface area contributed by atoms with Gasteiger partial charge in [0.25, 0.3) is 5.69 Å². The summed E-state index contributed by atoms with van der Waals surface area (Å²) in [6.07, 6.45) is 3.29. The Kier molecular flexibility index (Phi) is 5.62. The van der Waals surface area contributed by atoms with Crippen molar-refractivity contribution in [1.82, 2.24) is 14.3 Å². The minimum atomic E-state index is -3.85. The van der Waals surface area contributed by atoms with Crippen LogP contribution in [0, 0.1) is 15.9 Å². The van der Waals surface area contributed by atoms with Gasteiger partial charge in [-0.25, -0.2) is 22.5 Å². The van der Waals surface area contributed by atoms with Crippen LogP contribution in [0.5, 0.6) is 0 Å². The van der Waals surface area contributed by atoms with Crippen molar-refractivity contribution in [3.05, 3.63) is 82.2 Å². The van der Waals surface area contributed by atoms with E-state index in [0.29, 0.717) is 11.4 Å². The maximum absolute atomic E-state index is 13.4. The molecule has 0 radical (unpaired) electrons. The molecule has 0 fully saturated rings. The Morgan fingerprint density at radius 2 is 1.90 bits per heavy atom. The van der Waals surface area contributed by atoms with Crippen LogP contribution < -0.4 is 10.0 Å². The highest BCUT2D eigenvalue weighted by atomic mass is 32.2. The number of nitrogens with zero attached hydrogens (tertiary/aromatic N) is 3. The van der Waals surface area contributed by atoms with Crippen LogP contribution in [0.4, 0.5) is 15.8 Å². The molecule has 3 aromatic rings. The molecule has 152 valence electrons. The molecule has 2 aromatic carbocycles. The molecule has 1 heterocycles. The SMILES string of the molecule is CNS(=O)(=O)c1ccc(NC(c2ccc(F)cc2)c2nccn2C)c([N+](=O)[O-])c1. The summed E-state index contributed by atoms with van der Waals surface area (Å²) in [4.78, 5) is 15.0. The lowest BCUT2D eigenvalue weighted by atomic mass is 10.1. The summed E-state index contributed by atoms with van der Waals surface area (Å²) in [6.45, 7) is 0. The van der Waals surface area contributed by atoms with Crippen LogP contribution in [-0.2, 0) is 17.1 Å². The Morgan fingerprint density at radius 3 is 2.45 bits per heavy atom. The third-order valence-electron chi connectivity index (χ3n) is 4.36. The first-order valence-electron chi connectivity index (χ1n) is 8.44. The predicted octanol–water partition coefficient (Wildman–Crippen LogP) is 2.58. The summed E-state index contributed by atoms with van der Waals surface area (Å²) in [6, 6.07) is 8.59. The highest BCUT2D eigenvalue weighted by Crippen LogP contribution is 2.33. The molecule has 0 aliphatic carbocycles. The molecule has 29 heavy (non-hydrogen) atoms. The van der Waals surface area contributed by atoms with E-state index in [0.717, 1.165) is 6.07 Å². The van der Waals surface area contributed by atoms with Crippen LogP contribution in [0.1, 0.15) is 17.4 Å². The van der Waals surface area contributed by atoms with Crippen LogP contribution >= 0.6 is 0 Å². The Hall–Kier alpha value is -3.31. The summed E-state index contributed by atoms with van der Waals surface area (Å²) in [5.41, 5.74) is 0.312. The number of anilines is 1. The molecule has 0 bridgehead atoms. The number of rotatable bonds is 7. The maximum Gasteiger partial charge on any atom is 0.293 e. The average molecular weight is 419 g/mol. The van der Waals surface area contributed by atoms with Crippen molar-refractivity contribution in [2.24, 2.45) is 7.05 Å². The van der Waals surface area contributed by atoms with Gasteiger partial charge in [-0.05, 0) is 36.9 Å². The fraction of sp³-hybridized carbons (Fsp3) is 0.167. The van der Waals surface area contributed by atoms with Crippen molar-refractivity contribution < 1.29 is 17.7 Å². The Balaban J connectivity index is 2.09. The number of aryl methyl sites for hydroxylation is 1. The predicted molar refractivity (Wildman–Crippen MR) is 104 cm³/mol. The molecule has 0 amide bonds. The topological polar surface area (TPSA) is 119 Å². The van der Waals surface area contributed by atoms with Gasteiger partial charge < -0.3 is 9.88 Å². The molecule has 1 unspecified atom stereocenters. The van der Waals surface area contributed by atoms with Gasteiger partial charge in [0.2, 0.25) is 10.0 Å². The second kappa shape index (κ2) is 7.97. The molecule has 3 rings (SSSR count). The summed E-state index contributed by atoms with van der Waals surface area (Å²) < 4.78 is 41.2. The summed E-state index contributed by atoms with van der Waals surface area (Å²) in [5.74, 6) is 0.123. The van der Waals surface area contributed by atoms with Gasteiger partial charge in [0.15, 0.2) is 0 Å². The third-order valence-corrected chi connectivity index (χ3v) is 5.78. The minimum Gasteiger partial charge on any atom is -0.366 e. The lowest BCUT2D eigenvalue weighted by Gasteiger charge is -2.20. The maximum atomic E-state index is 13.4. The van der Waals surface area contributed by atoms with Gasteiger partial charge in [0, 0.05) is 25.5 Å². The zero-order valence-corrected chi connectivity index (χ0v) is 16.4. The molecule has 0 aliphatic heterocycles. The Labute approximate surface area is 166 Å². The van der Waals surface area contributed by atoms with E-state index in [2.05, 4.69) is 15.0 Å². The zero-order valence-electron chi connectivity index (χ0n) is 15.5. The number of benzene rings is 2. The third kappa shape index (κ3) is 4.25. The molecule has 0 aliphatic rings. The van der Waals surface area contributed by atoms with Crippen LogP contribution in [0.3, 0.4) is 0 Å². The van der Waals surface area contributed by atoms with Gasteiger partial charge in [-0.1, -0.05) is 12.1 Å². The number of nitrogens with one attached hydrogen (secondary N) is 2. The minimum absolute atomic E-state index is 0.0994. The molecule has 0 saturated carbocycles. The summed E-state index contributed by atoms with van der Waals surface area (Å²) in [5, 5.41) is 14.6. The van der Waals surface area contributed by atoms with Gasteiger partial charge in [-0.3, -0.25) is 10.1 Å². The van der Waals surface area contributed by atoms with Gasteiger partial charge in [-0.15, -0.1) is 0 Å². The van der Waals surface area contributed by atoms with Crippen molar-refractivity contribution in [2.45, 2.75) is 10.9 Å². The van der Waals surface area contributed by atoms with E-state index in [9.17, 15) is 22.9 Å². The van der Waals surface area contributed by atoms with Gasteiger partial charge in [0.1, 0.15) is 23.4 Å². The smallest absolute Gasteiger partial charge is 0.293 e. The van der Waals surface area contributed by atoms with Gasteiger partial charge >= 0.3 is 0 Å². The molecular formula is C18H18FN5O4S. The van der Waals surface area contributed by atoms with Crippen molar-refractivity contribution >= 4 is 21.4 Å². The second-order valence-corrected chi connectivity index (χ2v) is 8.06. The summed E-state index contributed by atoms with van der Waals surface area (Å²) >= 11 is 0. The Morgan fingerprint density at radius 1 is 1.21 bits per heavy atom. The lowest BCUT2D eigenvalue weighted by molar-refractivity contribution is -0.384. The number of imidazole rings is 1. The Bertz CT molecular complexity index is 1150. The van der Waals surface area contributed by atoms with E-state index in [1.807, 2.05) is 0 Å². The largest absolute Gasteiger partial charge is 0.366 e. The molecule has 9 nitrogen and oxygen atoms in total. The lowest BCUT2D eigenvalue weighted by Crippen LogP contribution is -2.20. The molecule has 0 saturated heterocycles. The molecular weight excluding hydrogens is 401 g/mol. The van der Waals surface area contributed by atoms with E-state index in [1.54, 1.807) is 36.1 Å². The van der Waals surface area contributed by atoms with Crippen LogP contribution in [0.15, 0.2) is 59.8 Å². The van der Waals surface area contributed by atoms with Crippen molar-refractivity contribution in [1.29, 1.82) is 0 Å². The fourth-order valence-corrected chi connectivity index (χ4v) is 3.58. The number of sulfonamides is 1. The van der Waals surface area contributed by atoms with Crippen LogP contribution in [0.25, 0.3) is 0 Å². The molecule has 1 atom stereocenters. The number of halogens is 1. The van der Waals surface area contributed by atoms with E-state index in [-0.39, 0.29) is 10.6 Å². The van der Waals surface area contributed by atoms with Crippen LogP contribution in [-0.4, -0.2) is 29.9 Å². The first-order valence-corrected chi connectivity index (χ1v) is 9.92. The van der Waals surface area contributed by atoms with E-state index < -0.39 is 32.5 Å². The molecule has 11 heteroatoms. The van der Waals surface area contributed by atoms with Crippen molar-refractivity contribution in [3.8, 4) is 0 Å². The normalized spacial score (nSPS) is 12.5. The average Bonchev–Trinajstić information content (AvgIpc) is 3.12. The fourth-order valence-electron chi connectivity index (χ4n) is 2.83. The highest BCUT2D eigenvalue weighted by molar-refractivity contribution is 7.89. The van der Waals surface area contributed by atoms with E-state index in [4.69, 9.17) is 0 Å². The number of nitro groups is 1. The molecule has 0 spiro atoms.